The highest BCUT2D eigenvalue weighted by molar-refractivity contribution is 5.45. The maximum absolute atomic E-state index is 5.56. The van der Waals surface area contributed by atoms with Gasteiger partial charge in [-0.05, 0) is 38.7 Å². The largest absolute Gasteiger partial charge is 0.454 e. The number of likely N-dealkylation sites (N-methyl/N-ethyl adjacent to an activating group) is 1. The van der Waals surface area contributed by atoms with E-state index in [0.29, 0.717) is 6.79 Å². The van der Waals surface area contributed by atoms with E-state index in [1.165, 1.54) is 5.56 Å². The van der Waals surface area contributed by atoms with E-state index in [-0.39, 0.29) is 6.04 Å². The average Bonchev–Trinajstić information content (AvgIpc) is 2.89. The van der Waals surface area contributed by atoms with Crippen molar-refractivity contribution < 1.29 is 14.2 Å². The van der Waals surface area contributed by atoms with Gasteiger partial charge in [-0.3, -0.25) is 0 Å². The fourth-order valence-corrected chi connectivity index (χ4v) is 2.00. The molecule has 5 heteroatoms. The minimum Gasteiger partial charge on any atom is -0.454 e. The lowest BCUT2D eigenvalue weighted by Crippen LogP contribution is -2.25. The molecule has 0 aliphatic carbocycles. The molecular weight excluding hydrogens is 256 g/mol. The number of hydrogen-bond donors (Lipinski definition) is 1. The molecule has 20 heavy (non-hydrogen) atoms. The third-order valence-electron chi connectivity index (χ3n) is 3.28. The van der Waals surface area contributed by atoms with Gasteiger partial charge in [-0.1, -0.05) is 6.07 Å². The Morgan fingerprint density at radius 3 is 2.85 bits per heavy atom. The van der Waals surface area contributed by atoms with Crippen LogP contribution in [0.5, 0.6) is 11.5 Å². The molecule has 0 bridgehead atoms. The van der Waals surface area contributed by atoms with Crippen LogP contribution in [0.3, 0.4) is 0 Å². The zero-order valence-corrected chi connectivity index (χ0v) is 12.5. The summed E-state index contributed by atoms with van der Waals surface area (Å²) in [6, 6.07) is 6.33. The molecule has 0 aromatic heterocycles. The van der Waals surface area contributed by atoms with Crippen molar-refractivity contribution in [1.29, 1.82) is 0 Å². The number of rotatable bonds is 8. The highest BCUT2D eigenvalue weighted by atomic mass is 16.7. The summed E-state index contributed by atoms with van der Waals surface area (Å²) in [7, 11) is 4.09. The van der Waals surface area contributed by atoms with Crippen LogP contribution in [0.2, 0.25) is 0 Å². The summed E-state index contributed by atoms with van der Waals surface area (Å²) >= 11 is 0. The number of benzene rings is 1. The highest BCUT2D eigenvalue weighted by Gasteiger charge is 2.15. The van der Waals surface area contributed by atoms with Crippen molar-refractivity contribution in [2.24, 2.45) is 0 Å². The summed E-state index contributed by atoms with van der Waals surface area (Å²) in [4.78, 5) is 2.11. The average molecular weight is 280 g/mol. The van der Waals surface area contributed by atoms with Crippen molar-refractivity contribution >= 4 is 0 Å². The van der Waals surface area contributed by atoms with Crippen molar-refractivity contribution in [3.63, 3.8) is 0 Å². The molecule has 0 fully saturated rings. The molecule has 0 amide bonds. The van der Waals surface area contributed by atoms with Gasteiger partial charge in [0.2, 0.25) is 6.79 Å². The van der Waals surface area contributed by atoms with Crippen molar-refractivity contribution in [3.8, 4) is 11.5 Å². The fourth-order valence-electron chi connectivity index (χ4n) is 2.00. The molecule has 1 unspecified atom stereocenters. The van der Waals surface area contributed by atoms with Gasteiger partial charge in [0, 0.05) is 19.1 Å². The van der Waals surface area contributed by atoms with Crippen LogP contribution >= 0.6 is 0 Å². The molecule has 1 aliphatic heterocycles. The molecule has 2 rings (SSSR count). The Kier molecular flexibility index (Phi) is 5.64. The molecule has 112 valence electrons. The zero-order chi connectivity index (χ0) is 14.4. The summed E-state index contributed by atoms with van der Waals surface area (Å²) in [5.41, 5.74) is 1.20. The molecular formula is C15H24N2O3. The van der Waals surface area contributed by atoms with Gasteiger partial charge >= 0.3 is 0 Å². The minimum atomic E-state index is 0.266. The summed E-state index contributed by atoms with van der Waals surface area (Å²) in [6.45, 7) is 5.74. The predicted molar refractivity (Wildman–Crippen MR) is 78.4 cm³/mol. The Morgan fingerprint density at radius 2 is 2.05 bits per heavy atom. The lowest BCUT2D eigenvalue weighted by Gasteiger charge is -2.15. The van der Waals surface area contributed by atoms with Gasteiger partial charge in [0.15, 0.2) is 11.5 Å². The second-order valence-electron chi connectivity index (χ2n) is 5.20. The van der Waals surface area contributed by atoms with E-state index in [2.05, 4.69) is 23.2 Å². The van der Waals surface area contributed by atoms with Crippen LogP contribution in [-0.2, 0) is 4.74 Å². The van der Waals surface area contributed by atoms with Crippen LogP contribution in [0.25, 0.3) is 0 Å². The van der Waals surface area contributed by atoms with E-state index < -0.39 is 0 Å². The molecule has 0 saturated carbocycles. The molecule has 5 nitrogen and oxygen atoms in total. The smallest absolute Gasteiger partial charge is 0.231 e. The van der Waals surface area contributed by atoms with Gasteiger partial charge in [0.05, 0.1) is 13.2 Å². The molecule has 1 aromatic rings. The molecule has 0 spiro atoms. The first kappa shape index (κ1) is 15.1. The predicted octanol–water partition coefficient (Wildman–Crippen LogP) is 1.64. The number of fused-ring (bicyclic) bond motifs is 1. The zero-order valence-electron chi connectivity index (χ0n) is 12.5. The van der Waals surface area contributed by atoms with E-state index in [0.717, 1.165) is 37.8 Å². The van der Waals surface area contributed by atoms with Crippen LogP contribution in [0.4, 0.5) is 0 Å². The fraction of sp³-hybridized carbons (Fsp3) is 0.600. The molecule has 1 aliphatic rings. The van der Waals surface area contributed by atoms with Gasteiger partial charge in [-0.2, -0.15) is 0 Å². The van der Waals surface area contributed by atoms with Gasteiger partial charge in [-0.15, -0.1) is 0 Å². The Hall–Kier alpha value is -1.30. The number of nitrogens with one attached hydrogen (secondary N) is 1. The molecule has 1 heterocycles. The van der Waals surface area contributed by atoms with Gasteiger partial charge in [0.1, 0.15) is 0 Å². The summed E-state index contributed by atoms with van der Waals surface area (Å²) in [6.07, 6.45) is 0. The van der Waals surface area contributed by atoms with Gasteiger partial charge in [0.25, 0.3) is 0 Å². The van der Waals surface area contributed by atoms with E-state index in [1.54, 1.807) is 0 Å². The quantitative estimate of drug-likeness (QED) is 0.733. The van der Waals surface area contributed by atoms with Crippen LogP contribution < -0.4 is 14.8 Å². The van der Waals surface area contributed by atoms with Crippen molar-refractivity contribution in [1.82, 2.24) is 10.2 Å². The second kappa shape index (κ2) is 7.47. The Labute approximate surface area is 120 Å². The maximum Gasteiger partial charge on any atom is 0.231 e. The third kappa shape index (κ3) is 4.37. The van der Waals surface area contributed by atoms with Crippen LogP contribution in [-0.4, -0.2) is 52.1 Å². The standard InChI is InChI=1S/C15H24N2O3/c1-12(16-6-8-18-9-7-17(2)3)13-4-5-14-15(10-13)20-11-19-14/h4-5,10,12,16H,6-9,11H2,1-3H3. The summed E-state index contributed by atoms with van der Waals surface area (Å²) < 4.78 is 16.3. The van der Waals surface area contributed by atoms with Crippen molar-refractivity contribution in [2.75, 3.05) is 47.2 Å². The Bertz CT molecular complexity index is 424. The third-order valence-corrected chi connectivity index (χ3v) is 3.28. The first-order valence-corrected chi connectivity index (χ1v) is 7.02. The first-order valence-electron chi connectivity index (χ1n) is 7.02. The number of ether oxygens (including phenoxy) is 3. The Balaban J connectivity index is 1.68. The summed E-state index contributed by atoms with van der Waals surface area (Å²) in [5.74, 6) is 1.66. The van der Waals surface area contributed by atoms with Gasteiger partial charge in [-0.25, -0.2) is 0 Å². The van der Waals surface area contributed by atoms with E-state index in [9.17, 15) is 0 Å². The first-order chi connectivity index (χ1) is 9.66. The number of hydrogen-bond acceptors (Lipinski definition) is 5. The summed E-state index contributed by atoms with van der Waals surface area (Å²) in [5, 5.41) is 3.44. The normalized spacial score (nSPS) is 14.8. The molecule has 1 aromatic carbocycles. The van der Waals surface area contributed by atoms with Gasteiger partial charge < -0.3 is 24.4 Å². The second-order valence-corrected chi connectivity index (χ2v) is 5.20. The maximum atomic E-state index is 5.56. The monoisotopic (exact) mass is 280 g/mol. The van der Waals surface area contributed by atoms with Crippen LogP contribution in [0, 0.1) is 0 Å². The van der Waals surface area contributed by atoms with Crippen molar-refractivity contribution in [2.45, 2.75) is 13.0 Å². The van der Waals surface area contributed by atoms with Crippen LogP contribution in [0.15, 0.2) is 18.2 Å². The SMILES string of the molecule is CC(NCCOCCN(C)C)c1ccc2c(c1)OCO2. The lowest BCUT2D eigenvalue weighted by molar-refractivity contribution is 0.118. The topological polar surface area (TPSA) is 43.0 Å². The minimum absolute atomic E-state index is 0.266. The molecule has 1 atom stereocenters. The van der Waals surface area contributed by atoms with Crippen LogP contribution in [0.1, 0.15) is 18.5 Å². The molecule has 0 radical (unpaired) electrons. The highest BCUT2D eigenvalue weighted by Crippen LogP contribution is 2.33. The lowest BCUT2D eigenvalue weighted by atomic mass is 10.1. The molecule has 1 N–H and O–H groups in total. The van der Waals surface area contributed by atoms with Crippen molar-refractivity contribution in [3.05, 3.63) is 23.8 Å². The Morgan fingerprint density at radius 1 is 1.25 bits per heavy atom. The van der Waals surface area contributed by atoms with E-state index >= 15 is 0 Å². The number of nitrogens with zero attached hydrogens (tertiary/aromatic N) is 1. The molecule has 0 saturated heterocycles. The van der Waals surface area contributed by atoms with E-state index in [1.807, 2.05) is 26.2 Å². The van der Waals surface area contributed by atoms with E-state index in [4.69, 9.17) is 14.2 Å².